The van der Waals surface area contributed by atoms with Crippen LogP contribution in [0.15, 0.2) is 467 Å². The summed E-state index contributed by atoms with van der Waals surface area (Å²) < 4.78 is 4.74. The average molecular weight is 1710 g/mol. The minimum Gasteiger partial charge on any atom is -0.309 e. The molecular weight excluding hydrogens is 1620 g/mol. The molecule has 0 bridgehead atoms. The highest BCUT2D eigenvalue weighted by Crippen LogP contribution is 2.55. The molecule has 0 saturated heterocycles. The monoisotopic (exact) mass is 1710 g/mol. The molecule has 0 radical (unpaired) electrons. The zero-order valence-electron chi connectivity index (χ0n) is 74.6. The molecule has 134 heavy (non-hydrogen) atoms. The summed E-state index contributed by atoms with van der Waals surface area (Å²) in [5.41, 5.74) is 41.2. The van der Waals surface area contributed by atoms with Crippen molar-refractivity contribution in [2.24, 2.45) is 0 Å². The van der Waals surface area contributed by atoms with Gasteiger partial charge in [-0.3, -0.25) is 4.57 Å². The molecule has 23 aromatic rings. The van der Waals surface area contributed by atoms with Crippen molar-refractivity contribution in [3.8, 4) is 180 Å². The molecule has 0 N–H and O–H groups in total. The lowest BCUT2D eigenvalue weighted by atomic mass is 9.82. The molecule has 632 valence electrons. The number of hydrogen-bond donors (Lipinski definition) is 0. The Bertz CT molecular complexity index is 8300. The second kappa shape index (κ2) is 33.1. The molecule has 4 aromatic heterocycles. The van der Waals surface area contributed by atoms with Gasteiger partial charge in [-0.1, -0.05) is 398 Å². The summed E-state index contributed by atoms with van der Waals surface area (Å²) in [6.45, 7) is 9.40. The maximum Gasteiger partial charge on any atom is 0.235 e. The first kappa shape index (κ1) is 80.2. The van der Waals surface area contributed by atoms with E-state index < -0.39 is 0 Å². The van der Waals surface area contributed by atoms with Gasteiger partial charge in [0.15, 0.2) is 17.5 Å². The van der Waals surface area contributed by atoms with Gasteiger partial charge in [-0.15, -0.1) is 0 Å². The Morgan fingerprint density at radius 3 is 0.970 bits per heavy atom. The SMILES string of the molecule is CC1(C)c2ccccc2-c2cc3c4cc(-c5nc(-c6ccccc6)nc(-c6ccccc6)n5)ccc4n(-c4cccc(-c5cc(-c6ccccc6)c(-c6ccccc6)c(-c6ccccc6)c5)c4)c3cc21.CC1(C)c2ccccc2-c2cc3c4ccccc4n(-c4nc(-c5ccccc5)cc(-c5cccc(-c6cc(-c7ccccc7)c(-c7ccccc7)c(-c7ccccc7)c6)c5)n4)c3cc21. The van der Waals surface area contributed by atoms with Crippen LogP contribution in [0.5, 0.6) is 0 Å². The first-order chi connectivity index (χ1) is 65.9. The predicted octanol–water partition coefficient (Wildman–Crippen LogP) is 32.8. The lowest BCUT2D eigenvalue weighted by molar-refractivity contribution is 0.661. The zero-order chi connectivity index (χ0) is 89.5. The van der Waals surface area contributed by atoms with Crippen LogP contribution in [0.1, 0.15) is 49.9 Å². The van der Waals surface area contributed by atoms with Gasteiger partial charge in [0, 0.05) is 65.9 Å². The second-order valence-electron chi connectivity index (χ2n) is 36.2. The lowest BCUT2D eigenvalue weighted by Crippen LogP contribution is -2.15. The van der Waals surface area contributed by atoms with Crippen LogP contribution < -0.4 is 0 Å². The van der Waals surface area contributed by atoms with Gasteiger partial charge in [0.2, 0.25) is 5.95 Å². The van der Waals surface area contributed by atoms with E-state index in [9.17, 15) is 0 Å². The van der Waals surface area contributed by atoms with Crippen molar-refractivity contribution >= 4 is 43.6 Å². The van der Waals surface area contributed by atoms with Crippen LogP contribution in [0.4, 0.5) is 0 Å². The summed E-state index contributed by atoms with van der Waals surface area (Å²) in [5.74, 6) is 2.56. The van der Waals surface area contributed by atoms with E-state index >= 15 is 0 Å². The van der Waals surface area contributed by atoms with E-state index in [4.69, 9.17) is 24.9 Å². The number of nitrogens with zero attached hydrogens (tertiary/aromatic N) is 7. The van der Waals surface area contributed by atoms with Crippen molar-refractivity contribution in [1.82, 2.24) is 34.1 Å². The highest BCUT2D eigenvalue weighted by atomic mass is 15.2. The first-order valence-electron chi connectivity index (χ1n) is 46.1. The van der Waals surface area contributed by atoms with Gasteiger partial charge in [0.05, 0.1) is 33.5 Å². The van der Waals surface area contributed by atoms with E-state index in [0.29, 0.717) is 23.4 Å². The highest BCUT2D eigenvalue weighted by molar-refractivity contribution is 6.14. The lowest BCUT2D eigenvalue weighted by Gasteiger charge is -2.22. The largest absolute Gasteiger partial charge is 0.309 e. The summed E-state index contributed by atoms with van der Waals surface area (Å²) in [5, 5.41) is 4.69. The normalized spacial score (nSPS) is 12.6. The predicted molar refractivity (Wildman–Crippen MR) is 556 cm³/mol. The van der Waals surface area contributed by atoms with Gasteiger partial charge < -0.3 is 4.57 Å². The minimum atomic E-state index is -0.177. The fraction of sp³-hybridized carbons (Fsp3) is 0.0472. The van der Waals surface area contributed by atoms with Gasteiger partial charge >= 0.3 is 0 Å². The summed E-state index contributed by atoms with van der Waals surface area (Å²) in [6.07, 6.45) is 0. The summed E-state index contributed by atoms with van der Waals surface area (Å²) in [6, 6.07) is 168. The standard InChI is InChI=1S/C66H46N4.C61H43N3/c1-66(2)58-34-19-18-33-52(58)55-41-57-56-38-49(65-68-63(46-27-14-6-15-28-46)67-64(69-65)47-29-16-7-17-30-47)35-36-60(56)70(61(57)42-59(55)66)51-32-20-31-48(37-51)50-39-53(43-21-8-3-9-22-43)62(45-25-12-5-13-26-45)54(40-50)44-23-10-4-11-24-44;1-61(2)53-32-17-15-30-47(53)51-37-52-48-31-16-18-33-57(48)64(58(52)38-54(51)61)60-62-55(42-24-11-5-12-25-42)39-56(63-60)45-29-19-28-44(34-45)46-35-49(40-20-7-3-8-21-40)59(43-26-13-6-14-27-43)50(36-46)41-22-9-4-10-23-41/h3-42H,1-2H3;3-39H,1-2H3. The molecule has 4 heterocycles. The van der Waals surface area contributed by atoms with Gasteiger partial charge in [-0.2, -0.15) is 0 Å². The molecule has 0 spiro atoms. The average Bonchev–Trinajstić information content (AvgIpc) is 1.55. The Labute approximate surface area is 779 Å². The molecule has 0 amide bonds. The number of aromatic nitrogens is 7. The second-order valence-corrected chi connectivity index (χ2v) is 36.2. The third-order valence-electron chi connectivity index (χ3n) is 27.5. The van der Waals surface area contributed by atoms with Crippen molar-refractivity contribution in [3.05, 3.63) is 489 Å². The van der Waals surface area contributed by atoms with Crippen LogP contribution in [-0.2, 0) is 10.8 Å². The molecule has 0 fully saturated rings. The Kier molecular flexibility index (Phi) is 19.8. The van der Waals surface area contributed by atoms with Gasteiger partial charge in [-0.25, -0.2) is 24.9 Å². The maximum absolute atomic E-state index is 5.51. The van der Waals surface area contributed by atoms with E-state index in [1.807, 2.05) is 36.4 Å². The van der Waals surface area contributed by atoms with Crippen molar-refractivity contribution in [2.75, 3.05) is 0 Å². The molecule has 0 atom stereocenters. The number of para-hydroxylation sites is 1. The third kappa shape index (κ3) is 14.1. The van der Waals surface area contributed by atoms with Gasteiger partial charge in [0.1, 0.15) is 0 Å². The van der Waals surface area contributed by atoms with Crippen LogP contribution in [0.3, 0.4) is 0 Å². The summed E-state index contributed by atoms with van der Waals surface area (Å²) in [4.78, 5) is 26.2. The Morgan fingerprint density at radius 1 is 0.172 bits per heavy atom. The van der Waals surface area contributed by atoms with Gasteiger partial charge in [0.25, 0.3) is 0 Å². The molecule has 2 aliphatic rings. The molecule has 0 aliphatic heterocycles. The van der Waals surface area contributed by atoms with E-state index in [2.05, 4.69) is 468 Å². The minimum absolute atomic E-state index is 0.153. The van der Waals surface area contributed by atoms with Crippen molar-refractivity contribution < 1.29 is 0 Å². The van der Waals surface area contributed by atoms with E-state index in [1.54, 1.807) is 0 Å². The van der Waals surface area contributed by atoms with E-state index in [0.717, 1.165) is 94.6 Å². The van der Waals surface area contributed by atoms with Crippen molar-refractivity contribution in [3.63, 3.8) is 0 Å². The fourth-order valence-corrected chi connectivity index (χ4v) is 20.9. The Morgan fingerprint density at radius 2 is 0.507 bits per heavy atom. The number of rotatable bonds is 15. The topological polar surface area (TPSA) is 74.3 Å². The quantitative estimate of drug-likeness (QED) is 0.102. The van der Waals surface area contributed by atoms with Crippen molar-refractivity contribution in [1.29, 1.82) is 0 Å². The number of hydrogen-bond acceptors (Lipinski definition) is 5. The maximum atomic E-state index is 5.51. The van der Waals surface area contributed by atoms with Crippen LogP contribution in [0.25, 0.3) is 223 Å². The molecule has 19 aromatic carbocycles. The number of benzene rings is 19. The summed E-state index contributed by atoms with van der Waals surface area (Å²) in [7, 11) is 0. The Hall–Kier alpha value is -17.1. The van der Waals surface area contributed by atoms with Crippen LogP contribution in [0, 0.1) is 0 Å². The smallest absolute Gasteiger partial charge is 0.235 e. The van der Waals surface area contributed by atoms with E-state index in [-0.39, 0.29) is 10.8 Å². The van der Waals surface area contributed by atoms with Crippen LogP contribution in [0.2, 0.25) is 0 Å². The molecule has 7 nitrogen and oxygen atoms in total. The first-order valence-corrected chi connectivity index (χ1v) is 46.1. The zero-order valence-corrected chi connectivity index (χ0v) is 74.6. The molecule has 0 saturated carbocycles. The highest BCUT2D eigenvalue weighted by Gasteiger charge is 2.39. The summed E-state index contributed by atoms with van der Waals surface area (Å²) >= 11 is 0. The third-order valence-corrected chi connectivity index (χ3v) is 27.5. The molecule has 2 aliphatic carbocycles. The van der Waals surface area contributed by atoms with Crippen LogP contribution in [-0.4, -0.2) is 34.1 Å². The van der Waals surface area contributed by atoms with Crippen molar-refractivity contribution in [2.45, 2.75) is 38.5 Å². The molecule has 7 heteroatoms. The molecular formula is C127H89N7. The number of fused-ring (bicyclic) bond motifs is 12. The Balaban J connectivity index is 0.000000148. The molecule has 25 rings (SSSR count). The molecule has 0 unspecified atom stereocenters. The van der Waals surface area contributed by atoms with E-state index in [1.165, 1.54) is 127 Å². The van der Waals surface area contributed by atoms with Crippen LogP contribution >= 0.6 is 0 Å². The fourth-order valence-electron chi connectivity index (χ4n) is 20.9. The van der Waals surface area contributed by atoms with Gasteiger partial charge in [-0.05, 0) is 231 Å².